The van der Waals surface area contributed by atoms with Crippen molar-refractivity contribution >= 4 is 17.7 Å². The van der Waals surface area contributed by atoms with Crippen molar-refractivity contribution in [3.63, 3.8) is 0 Å². The lowest BCUT2D eigenvalue weighted by Gasteiger charge is -2.11. The van der Waals surface area contributed by atoms with Gasteiger partial charge < -0.3 is 10.6 Å². The van der Waals surface area contributed by atoms with E-state index in [2.05, 4.69) is 16.9 Å². The van der Waals surface area contributed by atoms with Crippen LogP contribution in [0.2, 0.25) is 0 Å². The van der Waals surface area contributed by atoms with Gasteiger partial charge in [-0.2, -0.15) is 11.8 Å². The van der Waals surface area contributed by atoms with Crippen LogP contribution in [0, 0.1) is 5.92 Å². The summed E-state index contributed by atoms with van der Waals surface area (Å²) in [6, 6.07) is 0. The molecule has 0 saturated carbocycles. The van der Waals surface area contributed by atoms with E-state index in [4.69, 9.17) is 0 Å². The van der Waals surface area contributed by atoms with Crippen molar-refractivity contribution in [3.05, 3.63) is 0 Å². The Labute approximate surface area is 104 Å². The normalized spacial score (nSPS) is 12.4. The molecule has 4 heteroatoms. The number of carbonyl (C=O) groups excluding carboxylic acids is 1. The highest BCUT2D eigenvalue weighted by Crippen LogP contribution is 2.04. The summed E-state index contributed by atoms with van der Waals surface area (Å²) in [5.41, 5.74) is 0. The smallest absolute Gasteiger partial charge is 0.224 e. The Morgan fingerprint density at radius 3 is 2.56 bits per heavy atom. The molecule has 16 heavy (non-hydrogen) atoms. The Morgan fingerprint density at radius 2 is 1.94 bits per heavy atom. The van der Waals surface area contributed by atoms with E-state index in [1.807, 2.05) is 25.7 Å². The number of amides is 1. The van der Waals surface area contributed by atoms with Gasteiger partial charge in [-0.05, 0) is 31.9 Å². The summed E-state index contributed by atoms with van der Waals surface area (Å²) in [6.07, 6.45) is 7.05. The molecule has 0 aromatic heterocycles. The van der Waals surface area contributed by atoms with Crippen molar-refractivity contribution in [3.8, 4) is 0 Å². The first-order valence-electron chi connectivity index (χ1n) is 6.13. The topological polar surface area (TPSA) is 41.1 Å². The number of unbranched alkanes of at least 4 members (excludes halogenated alkanes) is 3. The standard InChI is InChI=1S/C12H26N2OS/c1-11(10-13-2)12(15)14-8-6-4-5-7-9-16-3/h11,13H,4-10H2,1-3H3,(H,14,15). The maximum absolute atomic E-state index is 11.5. The van der Waals surface area contributed by atoms with Crippen LogP contribution in [0.5, 0.6) is 0 Å². The van der Waals surface area contributed by atoms with Gasteiger partial charge in [-0.1, -0.05) is 19.8 Å². The second-order valence-corrected chi connectivity index (χ2v) is 5.14. The van der Waals surface area contributed by atoms with Crippen molar-refractivity contribution in [2.24, 2.45) is 5.92 Å². The van der Waals surface area contributed by atoms with Crippen molar-refractivity contribution < 1.29 is 4.79 Å². The van der Waals surface area contributed by atoms with Crippen LogP contribution < -0.4 is 10.6 Å². The lowest BCUT2D eigenvalue weighted by molar-refractivity contribution is -0.124. The molecule has 96 valence electrons. The molecule has 0 aliphatic carbocycles. The highest BCUT2D eigenvalue weighted by atomic mass is 32.2. The third-order valence-electron chi connectivity index (χ3n) is 2.53. The third-order valence-corrected chi connectivity index (χ3v) is 3.23. The van der Waals surface area contributed by atoms with Gasteiger partial charge in [-0.3, -0.25) is 4.79 Å². The monoisotopic (exact) mass is 246 g/mol. The summed E-state index contributed by atoms with van der Waals surface area (Å²) in [5, 5.41) is 5.98. The molecule has 0 spiro atoms. The van der Waals surface area contributed by atoms with Gasteiger partial charge in [0.2, 0.25) is 5.91 Å². The molecule has 0 rings (SSSR count). The van der Waals surface area contributed by atoms with E-state index >= 15 is 0 Å². The predicted octanol–water partition coefficient (Wildman–Crippen LogP) is 1.88. The first-order valence-corrected chi connectivity index (χ1v) is 7.53. The van der Waals surface area contributed by atoms with E-state index in [1.165, 1.54) is 25.0 Å². The van der Waals surface area contributed by atoms with Crippen LogP contribution in [0.25, 0.3) is 0 Å². The van der Waals surface area contributed by atoms with Crippen LogP contribution in [-0.4, -0.2) is 38.1 Å². The van der Waals surface area contributed by atoms with E-state index in [-0.39, 0.29) is 11.8 Å². The molecule has 0 aliphatic rings. The van der Waals surface area contributed by atoms with Gasteiger partial charge in [0.25, 0.3) is 0 Å². The Kier molecular flexibility index (Phi) is 11.1. The number of rotatable bonds is 10. The molecule has 0 fully saturated rings. The summed E-state index contributed by atoms with van der Waals surface area (Å²) >= 11 is 1.90. The average molecular weight is 246 g/mol. The summed E-state index contributed by atoms with van der Waals surface area (Å²) < 4.78 is 0. The van der Waals surface area contributed by atoms with E-state index < -0.39 is 0 Å². The van der Waals surface area contributed by atoms with Gasteiger partial charge in [0, 0.05) is 19.0 Å². The maximum atomic E-state index is 11.5. The highest BCUT2D eigenvalue weighted by molar-refractivity contribution is 7.98. The molecule has 2 N–H and O–H groups in total. The molecule has 0 aliphatic heterocycles. The van der Waals surface area contributed by atoms with Gasteiger partial charge in [0.05, 0.1) is 0 Å². The number of nitrogens with one attached hydrogen (secondary N) is 2. The van der Waals surface area contributed by atoms with Crippen LogP contribution >= 0.6 is 11.8 Å². The van der Waals surface area contributed by atoms with Crippen molar-refractivity contribution in [2.75, 3.05) is 32.1 Å². The number of carbonyl (C=O) groups is 1. The lowest BCUT2D eigenvalue weighted by atomic mass is 10.1. The molecule has 0 aromatic rings. The summed E-state index contributed by atoms with van der Waals surface area (Å²) in [4.78, 5) is 11.5. The van der Waals surface area contributed by atoms with Gasteiger partial charge in [-0.15, -0.1) is 0 Å². The fourth-order valence-electron chi connectivity index (χ4n) is 1.51. The van der Waals surface area contributed by atoms with E-state index in [0.717, 1.165) is 19.5 Å². The van der Waals surface area contributed by atoms with E-state index in [9.17, 15) is 4.79 Å². The van der Waals surface area contributed by atoms with Gasteiger partial charge in [-0.25, -0.2) is 0 Å². The molecular weight excluding hydrogens is 220 g/mol. The fraction of sp³-hybridized carbons (Fsp3) is 0.917. The van der Waals surface area contributed by atoms with Crippen molar-refractivity contribution in [2.45, 2.75) is 32.6 Å². The zero-order chi connectivity index (χ0) is 12.2. The van der Waals surface area contributed by atoms with Crippen LogP contribution in [0.3, 0.4) is 0 Å². The highest BCUT2D eigenvalue weighted by Gasteiger charge is 2.09. The zero-order valence-electron chi connectivity index (χ0n) is 10.8. The molecular formula is C12H26N2OS. The van der Waals surface area contributed by atoms with Crippen molar-refractivity contribution in [1.29, 1.82) is 0 Å². The van der Waals surface area contributed by atoms with Gasteiger partial charge in [0.1, 0.15) is 0 Å². The molecule has 0 radical (unpaired) electrons. The quantitative estimate of drug-likeness (QED) is 0.578. The van der Waals surface area contributed by atoms with Crippen LogP contribution in [0.1, 0.15) is 32.6 Å². The van der Waals surface area contributed by atoms with E-state index in [0.29, 0.717) is 0 Å². The molecule has 0 aromatic carbocycles. The molecule has 0 saturated heterocycles. The van der Waals surface area contributed by atoms with Crippen LogP contribution in [0.4, 0.5) is 0 Å². The van der Waals surface area contributed by atoms with Gasteiger partial charge >= 0.3 is 0 Å². The minimum absolute atomic E-state index is 0.0708. The van der Waals surface area contributed by atoms with Crippen LogP contribution in [-0.2, 0) is 4.79 Å². The minimum Gasteiger partial charge on any atom is -0.356 e. The molecule has 3 nitrogen and oxygen atoms in total. The summed E-state index contributed by atoms with van der Waals surface area (Å²) in [7, 11) is 1.87. The minimum atomic E-state index is 0.0708. The largest absolute Gasteiger partial charge is 0.356 e. The molecule has 1 unspecified atom stereocenters. The average Bonchev–Trinajstić information content (AvgIpc) is 2.28. The van der Waals surface area contributed by atoms with E-state index in [1.54, 1.807) is 0 Å². The molecule has 0 heterocycles. The fourth-order valence-corrected chi connectivity index (χ4v) is 2.00. The second kappa shape index (κ2) is 11.3. The SMILES string of the molecule is CNCC(C)C(=O)NCCCCCCSC. The Hall–Kier alpha value is -0.220. The summed E-state index contributed by atoms with van der Waals surface area (Å²) in [6.45, 7) is 3.52. The number of hydrogen-bond donors (Lipinski definition) is 2. The van der Waals surface area contributed by atoms with Crippen molar-refractivity contribution in [1.82, 2.24) is 10.6 Å². The zero-order valence-corrected chi connectivity index (χ0v) is 11.7. The molecule has 0 bridgehead atoms. The third kappa shape index (κ3) is 9.04. The number of thioether (sulfide) groups is 1. The first kappa shape index (κ1) is 15.8. The predicted molar refractivity (Wildman–Crippen MR) is 73.0 cm³/mol. The van der Waals surface area contributed by atoms with Crippen LogP contribution in [0.15, 0.2) is 0 Å². The van der Waals surface area contributed by atoms with Gasteiger partial charge in [0.15, 0.2) is 0 Å². The Morgan fingerprint density at radius 1 is 1.25 bits per heavy atom. The summed E-state index contributed by atoms with van der Waals surface area (Å²) in [5.74, 6) is 1.49. The Balaban J connectivity index is 3.27. The molecule has 1 amide bonds. The Bertz CT molecular complexity index is 176. The molecule has 1 atom stereocenters. The lowest BCUT2D eigenvalue weighted by Crippen LogP contribution is -2.34. The first-order chi connectivity index (χ1) is 7.72. The maximum Gasteiger partial charge on any atom is 0.224 e. The second-order valence-electron chi connectivity index (χ2n) is 4.16. The number of hydrogen-bond acceptors (Lipinski definition) is 3.